The summed E-state index contributed by atoms with van der Waals surface area (Å²) in [6, 6.07) is 12.1. The van der Waals surface area contributed by atoms with Crippen molar-refractivity contribution in [2.45, 2.75) is 38.0 Å². The smallest absolute Gasteiger partial charge is 0.324 e. The van der Waals surface area contributed by atoms with Gasteiger partial charge in [-0.25, -0.2) is 15.0 Å². The minimum absolute atomic E-state index is 0.141. The minimum atomic E-state index is -3.39. The number of benzene rings is 1. The molecule has 4 heterocycles. The van der Waals surface area contributed by atoms with Crippen molar-refractivity contribution in [3.8, 4) is 11.3 Å². The summed E-state index contributed by atoms with van der Waals surface area (Å²) in [7, 11) is 0. The molecule has 1 unspecified atom stereocenters. The van der Waals surface area contributed by atoms with Crippen LogP contribution in [0.1, 0.15) is 48.3 Å². The summed E-state index contributed by atoms with van der Waals surface area (Å²) < 4.78 is 30.1. The lowest BCUT2D eigenvalue weighted by atomic mass is 9.96. The Morgan fingerprint density at radius 1 is 1.13 bits per heavy atom. The third-order valence-corrected chi connectivity index (χ3v) is 6.77. The van der Waals surface area contributed by atoms with Gasteiger partial charge >= 0.3 is 5.92 Å². The molecule has 1 aliphatic rings. The van der Waals surface area contributed by atoms with Gasteiger partial charge in [-0.3, -0.25) is 14.0 Å². The third kappa shape index (κ3) is 4.79. The van der Waals surface area contributed by atoms with Gasteiger partial charge in [-0.1, -0.05) is 25.1 Å². The molecule has 0 bridgehead atoms. The maximum Gasteiger partial charge on any atom is 0.324 e. The number of carbonyl (C=O) groups is 2. The first-order chi connectivity index (χ1) is 18.3. The Morgan fingerprint density at radius 2 is 1.92 bits per heavy atom. The number of likely N-dealkylation sites (tertiary alicyclic amines) is 1. The molecule has 1 fully saturated rings. The van der Waals surface area contributed by atoms with Crippen LogP contribution in [0.15, 0.2) is 61.1 Å². The van der Waals surface area contributed by atoms with Gasteiger partial charge in [0.1, 0.15) is 28.7 Å². The van der Waals surface area contributed by atoms with Gasteiger partial charge in [0.25, 0.3) is 11.8 Å². The zero-order valence-electron chi connectivity index (χ0n) is 20.8. The summed E-state index contributed by atoms with van der Waals surface area (Å²) in [5.74, 6) is -3.76. The average molecular weight is 520 g/mol. The van der Waals surface area contributed by atoms with Crippen LogP contribution in [0.25, 0.3) is 16.8 Å². The number of rotatable bonds is 6. The lowest BCUT2D eigenvalue weighted by Gasteiger charge is -2.34. The number of fused-ring (bicyclic) bond motifs is 1. The highest BCUT2D eigenvalue weighted by atomic mass is 19.3. The molecule has 1 aromatic carbocycles. The van der Waals surface area contributed by atoms with Crippen LogP contribution in [0.4, 0.5) is 20.4 Å². The zero-order valence-corrected chi connectivity index (χ0v) is 20.8. The van der Waals surface area contributed by atoms with Gasteiger partial charge in [0.2, 0.25) is 0 Å². The molecule has 0 saturated carbocycles. The monoisotopic (exact) mass is 519 g/mol. The van der Waals surface area contributed by atoms with Crippen LogP contribution in [0.5, 0.6) is 0 Å². The van der Waals surface area contributed by atoms with E-state index in [0.717, 1.165) is 0 Å². The average Bonchev–Trinajstić information content (AvgIpc) is 3.34. The highest BCUT2D eigenvalue weighted by molar-refractivity contribution is 6.04. The number of imidazole rings is 1. The van der Waals surface area contributed by atoms with Gasteiger partial charge in [-0.05, 0) is 37.1 Å². The number of anilines is 2. The van der Waals surface area contributed by atoms with Crippen LogP contribution in [0, 0.1) is 0 Å². The van der Waals surface area contributed by atoms with Crippen LogP contribution >= 0.6 is 0 Å². The molecule has 0 spiro atoms. The number of aromatic nitrogens is 4. The second-order valence-electron chi connectivity index (χ2n) is 9.24. The fourth-order valence-corrected chi connectivity index (χ4v) is 4.74. The summed E-state index contributed by atoms with van der Waals surface area (Å²) in [5.41, 5.74) is 8.53. The predicted octanol–water partition coefficient (Wildman–Crippen LogP) is 4.38. The fraction of sp³-hybridized carbons (Fsp3) is 0.296. The molecule has 1 aliphatic heterocycles. The largest absolute Gasteiger partial charge is 0.382 e. The molecule has 4 aromatic rings. The van der Waals surface area contributed by atoms with E-state index in [0.29, 0.717) is 46.8 Å². The number of pyridine rings is 1. The molecular formula is C27H27F2N7O2. The minimum Gasteiger partial charge on any atom is -0.382 e. The summed E-state index contributed by atoms with van der Waals surface area (Å²) in [4.78, 5) is 39.5. The van der Waals surface area contributed by atoms with Crippen molar-refractivity contribution in [2.75, 3.05) is 24.1 Å². The van der Waals surface area contributed by atoms with Crippen molar-refractivity contribution in [1.29, 1.82) is 0 Å². The molecule has 3 aromatic heterocycles. The number of alkyl halides is 2. The molecule has 0 radical (unpaired) electrons. The first-order valence-electron chi connectivity index (χ1n) is 12.4. The summed E-state index contributed by atoms with van der Waals surface area (Å²) in [6.07, 6.45) is 5.61. The Hall–Kier alpha value is -4.41. The molecule has 1 saturated heterocycles. The normalized spacial score (nSPS) is 16.0. The van der Waals surface area contributed by atoms with Gasteiger partial charge in [-0.15, -0.1) is 0 Å². The highest BCUT2D eigenvalue weighted by Gasteiger charge is 2.42. The molecule has 1 atom stereocenters. The Labute approximate surface area is 217 Å². The number of hydrogen-bond donors (Lipinski definition) is 2. The third-order valence-electron chi connectivity index (χ3n) is 6.77. The molecule has 38 heavy (non-hydrogen) atoms. The zero-order chi connectivity index (χ0) is 26.9. The molecule has 9 nitrogen and oxygen atoms in total. The van der Waals surface area contributed by atoms with Crippen molar-refractivity contribution in [3.63, 3.8) is 0 Å². The summed E-state index contributed by atoms with van der Waals surface area (Å²) in [6.45, 7) is 1.73. The van der Waals surface area contributed by atoms with Crippen molar-refractivity contribution in [1.82, 2.24) is 24.3 Å². The fourth-order valence-electron chi connectivity index (χ4n) is 4.74. The van der Waals surface area contributed by atoms with Crippen molar-refractivity contribution >= 4 is 29.0 Å². The second-order valence-corrected chi connectivity index (χ2v) is 9.24. The van der Waals surface area contributed by atoms with Crippen LogP contribution in [-0.2, 0) is 4.79 Å². The molecule has 3 N–H and O–H groups in total. The van der Waals surface area contributed by atoms with E-state index in [1.807, 2.05) is 4.40 Å². The van der Waals surface area contributed by atoms with Crippen LogP contribution in [0.3, 0.4) is 0 Å². The Kier molecular flexibility index (Phi) is 6.75. The molecule has 5 rings (SSSR count). The summed E-state index contributed by atoms with van der Waals surface area (Å²) >= 11 is 0. The number of halogens is 2. The number of nitrogens with zero attached hydrogens (tertiary/aromatic N) is 5. The van der Waals surface area contributed by atoms with Gasteiger partial charge in [-0.2, -0.15) is 8.78 Å². The number of nitrogens with two attached hydrogens (primary N) is 1. The lowest BCUT2D eigenvalue weighted by molar-refractivity contribution is -0.159. The van der Waals surface area contributed by atoms with Crippen molar-refractivity contribution < 1.29 is 18.4 Å². The van der Waals surface area contributed by atoms with Gasteiger partial charge < -0.3 is 16.0 Å². The predicted molar refractivity (Wildman–Crippen MR) is 139 cm³/mol. The Balaban J connectivity index is 1.45. The SMILES string of the molecule is CCC(F)(F)C(=O)N1CCCC(c2nc(-c3ccc(C(=O)Nc4ccccn4)cc3)c3c(N)nccn23)C1. The van der Waals surface area contributed by atoms with E-state index in [1.165, 1.54) is 11.8 Å². The van der Waals surface area contributed by atoms with Crippen LogP contribution < -0.4 is 11.1 Å². The lowest BCUT2D eigenvalue weighted by Crippen LogP contribution is -2.47. The van der Waals surface area contributed by atoms with E-state index < -0.39 is 18.3 Å². The topological polar surface area (TPSA) is 119 Å². The molecule has 196 valence electrons. The van der Waals surface area contributed by atoms with Crippen LogP contribution in [0.2, 0.25) is 0 Å². The van der Waals surface area contributed by atoms with Gasteiger partial charge in [0.15, 0.2) is 0 Å². The summed E-state index contributed by atoms with van der Waals surface area (Å²) in [5, 5.41) is 2.75. The van der Waals surface area contributed by atoms with E-state index in [1.54, 1.807) is 61.1 Å². The number of carbonyl (C=O) groups excluding carboxylic acids is 2. The number of nitrogens with one attached hydrogen (secondary N) is 1. The number of hydrogen-bond acceptors (Lipinski definition) is 6. The number of nitrogen functional groups attached to an aromatic ring is 1. The highest BCUT2D eigenvalue weighted by Crippen LogP contribution is 2.35. The molecule has 2 amide bonds. The van der Waals surface area contributed by atoms with E-state index >= 15 is 0 Å². The van der Waals surface area contributed by atoms with Crippen molar-refractivity contribution in [3.05, 3.63) is 72.4 Å². The van der Waals surface area contributed by atoms with E-state index in [-0.39, 0.29) is 30.7 Å². The second kappa shape index (κ2) is 10.2. The van der Waals surface area contributed by atoms with E-state index in [4.69, 9.17) is 10.7 Å². The van der Waals surface area contributed by atoms with Gasteiger partial charge in [0, 0.05) is 55.1 Å². The number of piperidine rings is 1. The van der Waals surface area contributed by atoms with E-state index in [9.17, 15) is 18.4 Å². The van der Waals surface area contributed by atoms with E-state index in [2.05, 4.69) is 15.3 Å². The molecule has 11 heteroatoms. The van der Waals surface area contributed by atoms with Crippen LogP contribution in [-0.4, -0.2) is 55.1 Å². The van der Waals surface area contributed by atoms with Gasteiger partial charge in [0.05, 0.1) is 0 Å². The standard InChI is InChI=1S/C27H27F2N7O2/c1-2-27(28,29)26(38)35-14-5-6-19(16-35)24-34-21(22-23(30)32-13-15-36(22)24)17-8-10-18(11-9-17)25(37)33-20-7-3-4-12-31-20/h3-4,7-13,15,19H,2,5-6,14,16H2,1H3,(H2,30,32)(H,31,33,37). The maximum absolute atomic E-state index is 14.1. The maximum atomic E-state index is 14.1. The van der Waals surface area contributed by atoms with Crippen molar-refractivity contribution in [2.24, 2.45) is 0 Å². The Morgan fingerprint density at radius 3 is 2.63 bits per heavy atom. The molecular weight excluding hydrogens is 492 g/mol. The number of amides is 2. The molecule has 0 aliphatic carbocycles. The Bertz CT molecular complexity index is 1470. The quantitative estimate of drug-likeness (QED) is 0.390. The first-order valence-corrected chi connectivity index (χ1v) is 12.4. The first kappa shape index (κ1) is 25.2.